The first-order chi connectivity index (χ1) is 6.66. The zero-order valence-electron chi connectivity index (χ0n) is 9.53. The van der Waals surface area contributed by atoms with E-state index < -0.39 is 0 Å². The van der Waals surface area contributed by atoms with Crippen LogP contribution in [0.1, 0.15) is 27.2 Å². The number of thiol groups is 1. The second-order valence-electron chi connectivity index (χ2n) is 1.78. The van der Waals surface area contributed by atoms with Crippen LogP contribution in [0.2, 0.25) is 4.73 Å². The van der Waals surface area contributed by atoms with Crippen molar-refractivity contribution in [2.24, 2.45) is 0 Å². The van der Waals surface area contributed by atoms with E-state index in [0.717, 1.165) is 5.75 Å². The van der Waals surface area contributed by atoms with Gasteiger partial charge in [-0.3, -0.25) is 0 Å². The third-order valence-corrected chi connectivity index (χ3v) is 1.20. The summed E-state index contributed by atoms with van der Waals surface area (Å²) < 4.78 is 1.27. The Bertz CT molecular complexity index is 44.3. The van der Waals surface area contributed by atoms with E-state index in [9.17, 15) is 0 Å². The molecule has 0 aliphatic heterocycles. The first-order valence-corrected chi connectivity index (χ1v) is 6.48. The topological polar surface area (TPSA) is 60.7 Å². The molecule has 3 nitrogen and oxygen atoms in total. The fourth-order valence-corrected chi connectivity index (χ4v) is 0.978. The van der Waals surface area contributed by atoms with Crippen molar-refractivity contribution in [2.75, 3.05) is 25.6 Å². The van der Waals surface area contributed by atoms with Gasteiger partial charge in [-0.25, -0.2) is 0 Å². The van der Waals surface area contributed by atoms with Crippen LogP contribution in [0.5, 0.6) is 0 Å². The zero-order valence-corrected chi connectivity index (χ0v) is 12.0. The maximum atomic E-state index is 7.57. The molecule has 0 spiro atoms. The first-order valence-electron chi connectivity index (χ1n) is 4.74. The summed E-state index contributed by atoms with van der Waals surface area (Å²) in [5, 5.41) is 22.7. The van der Waals surface area contributed by atoms with Crippen LogP contribution in [0.4, 0.5) is 0 Å². The molecule has 0 atom stereocenters. The maximum absolute atomic E-state index is 7.57. The average molecular weight is 261 g/mol. The van der Waals surface area contributed by atoms with Gasteiger partial charge in [0.15, 0.2) is 0 Å². The van der Waals surface area contributed by atoms with Crippen LogP contribution in [-0.2, 0) is 20.4 Å². The summed E-state index contributed by atoms with van der Waals surface area (Å²) in [6.07, 6.45) is 1.25. The van der Waals surface area contributed by atoms with Gasteiger partial charge < -0.3 is 15.3 Å². The van der Waals surface area contributed by atoms with Crippen molar-refractivity contribution < 1.29 is 35.8 Å². The van der Waals surface area contributed by atoms with Crippen molar-refractivity contribution in [1.82, 2.24) is 0 Å². The number of rotatable bonds is 2. The van der Waals surface area contributed by atoms with Gasteiger partial charge in [0.2, 0.25) is 0 Å². The molecule has 3 N–H and O–H groups in total. The van der Waals surface area contributed by atoms with Crippen LogP contribution in [0, 0.1) is 0 Å². The Labute approximate surface area is 106 Å². The van der Waals surface area contributed by atoms with E-state index in [1.165, 1.54) is 11.1 Å². The predicted molar refractivity (Wildman–Crippen MR) is 61.6 cm³/mol. The van der Waals surface area contributed by atoms with Crippen LogP contribution in [0.25, 0.3) is 0 Å². The summed E-state index contributed by atoms with van der Waals surface area (Å²) in [6, 6.07) is 0. The first kappa shape index (κ1) is 24.3. The van der Waals surface area contributed by atoms with Crippen molar-refractivity contribution in [1.29, 1.82) is 0 Å². The quantitative estimate of drug-likeness (QED) is 0.447. The molecule has 0 radical (unpaired) electrons. The van der Waals surface area contributed by atoms with E-state index in [1.54, 1.807) is 20.8 Å². The van der Waals surface area contributed by atoms with Crippen LogP contribution in [0.15, 0.2) is 0 Å². The Hall–Kier alpha value is 0.944. The predicted octanol–water partition coefficient (Wildman–Crippen LogP) is 1.27. The third-order valence-electron chi connectivity index (χ3n) is 0.335. The Kier molecular flexibility index (Phi) is 84.0. The van der Waals surface area contributed by atoms with Gasteiger partial charge in [-0.05, 0) is 20.8 Å². The second-order valence-corrected chi connectivity index (χ2v) is 3.00. The molecule has 89 valence electrons. The Morgan fingerprint density at radius 1 is 0.929 bits per heavy atom. The van der Waals surface area contributed by atoms with Crippen molar-refractivity contribution in [2.45, 2.75) is 31.9 Å². The van der Waals surface area contributed by atoms with Gasteiger partial charge in [0.1, 0.15) is 0 Å². The van der Waals surface area contributed by atoms with E-state index in [0.29, 0.717) is 0 Å². The fourth-order valence-electron chi connectivity index (χ4n) is 0.0791. The van der Waals surface area contributed by atoms with Gasteiger partial charge in [0, 0.05) is 19.8 Å². The second kappa shape index (κ2) is 48.5. The molecular formula is C9H25O3STi. The molecule has 0 aliphatic rings. The summed E-state index contributed by atoms with van der Waals surface area (Å²) >= 11 is 6.16. The molecule has 0 saturated heterocycles. The van der Waals surface area contributed by atoms with Crippen molar-refractivity contribution in [3.05, 3.63) is 0 Å². The molecule has 0 amide bonds. The van der Waals surface area contributed by atoms with Gasteiger partial charge >= 0.3 is 50.0 Å². The number of aliphatic hydroxyl groups excluding tert-OH is 3. The van der Waals surface area contributed by atoms with Crippen LogP contribution in [-0.4, -0.2) is 40.9 Å². The number of hydrogen-bond acceptors (Lipinski definition) is 4. The summed E-state index contributed by atoms with van der Waals surface area (Å²) in [4.78, 5) is 0. The SMILES string of the molecule is CCO.CCO.CCO.SCC[CH2][Ti]. The molecule has 0 rings (SSSR count). The molecule has 0 unspecified atom stereocenters. The molecular weight excluding hydrogens is 236 g/mol. The Morgan fingerprint density at radius 2 is 1.14 bits per heavy atom. The van der Waals surface area contributed by atoms with E-state index in [-0.39, 0.29) is 19.8 Å². The average Bonchev–Trinajstić information content (AvgIpc) is 2.09. The van der Waals surface area contributed by atoms with E-state index in [2.05, 4.69) is 33.1 Å². The molecule has 0 aliphatic carbocycles. The third kappa shape index (κ3) is 213. The van der Waals surface area contributed by atoms with E-state index in [1.807, 2.05) is 0 Å². The molecule has 14 heavy (non-hydrogen) atoms. The normalized spacial score (nSPS) is 6.71. The molecule has 0 saturated carbocycles. The van der Waals surface area contributed by atoms with Crippen LogP contribution in [0.3, 0.4) is 0 Å². The molecule has 0 aromatic carbocycles. The van der Waals surface area contributed by atoms with E-state index in [4.69, 9.17) is 15.3 Å². The minimum absolute atomic E-state index is 0.250. The zero-order chi connectivity index (χ0) is 12.2. The van der Waals surface area contributed by atoms with Crippen molar-refractivity contribution >= 4 is 12.6 Å². The van der Waals surface area contributed by atoms with Gasteiger partial charge in [0.25, 0.3) is 0 Å². The van der Waals surface area contributed by atoms with Crippen LogP contribution < -0.4 is 0 Å². The molecule has 0 aromatic rings. The fraction of sp³-hybridized carbons (Fsp3) is 1.00. The number of aliphatic hydroxyl groups is 3. The minimum atomic E-state index is 0.250. The van der Waals surface area contributed by atoms with Crippen LogP contribution >= 0.6 is 12.6 Å². The van der Waals surface area contributed by atoms with Gasteiger partial charge in [-0.1, -0.05) is 0 Å². The summed E-state index contributed by atoms with van der Waals surface area (Å²) in [6.45, 7) is 5.79. The Morgan fingerprint density at radius 3 is 1.14 bits per heavy atom. The van der Waals surface area contributed by atoms with Gasteiger partial charge in [-0.15, -0.1) is 0 Å². The molecule has 0 aromatic heterocycles. The number of hydrogen-bond donors (Lipinski definition) is 4. The van der Waals surface area contributed by atoms with Crippen molar-refractivity contribution in [3.63, 3.8) is 0 Å². The molecule has 5 heteroatoms. The monoisotopic (exact) mass is 261 g/mol. The van der Waals surface area contributed by atoms with Gasteiger partial charge in [-0.2, -0.15) is 0 Å². The van der Waals surface area contributed by atoms with E-state index >= 15 is 0 Å². The molecule has 0 fully saturated rings. The summed E-state index contributed by atoms with van der Waals surface area (Å²) in [7, 11) is 0. The van der Waals surface area contributed by atoms with Crippen molar-refractivity contribution in [3.8, 4) is 0 Å². The summed E-state index contributed by atoms with van der Waals surface area (Å²) in [5.74, 6) is 1.04. The summed E-state index contributed by atoms with van der Waals surface area (Å²) in [5.41, 5.74) is 0. The standard InChI is InChI=1S/C3H7S.3C2H6O.Ti/c1-2-3-4;3*1-2-3;/h4H,1-3H2;3*3H,2H2,1H3;. The molecule has 0 heterocycles. The van der Waals surface area contributed by atoms with Gasteiger partial charge in [0.05, 0.1) is 0 Å². The molecule has 0 bridgehead atoms. The Balaban J connectivity index is -0.0000000495.